The van der Waals surface area contributed by atoms with E-state index in [2.05, 4.69) is 379 Å². The molecule has 0 spiro atoms. The summed E-state index contributed by atoms with van der Waals surface area (Å²) < 4.78 is 29.9. The minimum atomic E-state index is 0.777. The molecular formula is C132H72N12O2S. The number of fused-ring (bicyclic) bond motifs is 30. The van der Waals surface area contributed by atoms with Gasteiger partial charge in [0.05, 0.1) is 116 Å². The topological polar surface area (TPSA) is 132 Å². The van der Waals surface area contributed by atoms with Gasteiger partial charge in [-0.15, -0.1) is 11.3 Å². The fraction of sp³-hybridized carbons (Fsp3) is 0. The van der Waals surface area contributed by atoms with Crippen LogP contribution in [0.4, 0.5) is 0 Å². The van der Waals surface area contributed by atoms with E-state index < -0.39 is 0 Å². The minimum Gasteiger partial charge on any atom is -0.456 e. The third kappa shape index (κ3) is 10.8. The van der Waals surface area contributed by atoms with Gasteiger partial charge in [-0.25, -0.2) is 29.9 Å². The van der Waals surface area contributed by atoms with Crippen LogP contribution in [0.25, 0.3) is 328 Å². The molecule has 0 N–H and O–H groups in total. The summed E-state index contributed by atoms with van der Waals surface area (Å²) in [6, 6.07) is 156. The number of aromatic nitrogens is 12. The third-order valence-corrected chi connectivity index (χ3v) is 32.5. The van der Waals surface area contributed by atoms with E-state index in [1.807, 2.05) is 96.3 Å². The van der Waals surface area contributed by atoms with Crippen molar-refractivity contribution in [1.29, 1.82) is 0 Å². The zero-order valence-corrected chi connectivity index (χ0v) is 79.0. The van der Waals surface area contributed by atoms with E-state index >= 15 is 0 Å². The Balaban J connectivity index is 0.0000000945. The lowest BCUT2D eigenvalue weighted by Crippen LogP contribution is -2.04. The van der Waals surface area contributed by atoms with Crippen LogP contribution in [0.1, 0.15) is 0 Å². The zero-order chi connectivity index (χ0) is 95.4. The van der Waals surface area contributed by atoms with Gasteiger partial charge in [0.25, 0.3) is 0 Å². The van der Waals surface area contributed by atoms with Crippen molar-refractivity contribution in [2.45, 2.75) is 0 Å². The highest BCUT2D eigenvalue weighted by Gasteiger charge is 2.33. The first kappa shape index (κ1) is 79.0. The summed E-state index contributed by atoms with van der Waals surface area (Å²) in [5.74, 6) is 2.41. The fourth-order valence-electron chi connectivity index (χ4n) is 25.3. The van der Waals surface area contributed by atoms with Crippen LogP contribution in [0.15, 0.2) is 446 Å². The average molecular weight is 1890 g/mol. The second kappa shape index (κ2) is 29.5. The predicted molar refractivity (Wildman–Crippen MR) is 609 cm³/mol. The number of furan rings is 2. The molecule has 15 aromatic heterocycles. The molecule has 15 heterocycles. The standard InChI is InChI=1S/2C44H24N4O.C44H24N4S/c1-6-19-34-25(11-1)28-14-10-21-36-39(28)40-37(24-23-29-26-12-2-7-20-35(26)47(34)42(29)40)48(36)44-41(45-32-17-4-5-18-33(32)46-44)31-16-9-15-30-27-13-3-8-22-38(27)49-43(30)31;2*1-6-16-34-26(10-1)30-13-9-18-36-40(30)41-37(23-22-31-27-11-2-7-17-35(27)47(34)43(31)41)48(36)44-42(45-32-14-4-5-15-33(32)46-44)25-20-21-29-28-12-3-8-19-38(28)49-39(29)24-25/h3*1-24H. The van der Waals surface area contributed by atoms with E-state index in [-0.39, 0.29) is 0 Å². The Morgan fingerprint density at radius 1 is 0.177 bits per heavy atom. The molecule has 678 valence electrons. The van der Waals surface area contributed by atoms with Gasteiger partial charge in [-0.2, -0.15) is 0 Å². The molecule has 0 amide bonds. The van der Waals surface area contributed by atoms with Gasteiger partial charge in [-0.1, -0.05) is 285 Å². The van der Waals surface area contributed by atoms with Crippen LogP contribution in [0.2, 0.25) is 0 Å². The maximum Gasteiger partial charge on any atom is 0.165 e. The summed E-state index contributed by atoms with van der Waals surface area (Å²) in [6.07, 6.45) is 0. The molecule has 0 radical (unpaired) electrons. The third-order valence-electron chi connectivity index (χ3n) is 31.3. The van der Waals surface area contributed by atoms with E-state index in [4.69, 9.17) is 38.7 Å². The number of benzene rings is 21. The van der Waals surface area contributed by atoms with Crippen molar-refractivity contribution in [2.75, 3.05) is 0 Å². The summed E-state index contributed by atoms with van der Waals surface area (Å²) >= 11 is 1.83. The van der Waals surface area contributed by atoms with Crippen LogP contribution >= 0.6 is 11.3 Å². The highest BCUT2D eigenvalue weighted by molar-refractivity contribution is 7.25. The maximum atomic E-state index is 6.59. The molecule has 0 saturated carbocycles. The van der Waals surface area contributed by atoms with Crippen LogP contribution in [0.3, 0.4) is 0 Å². The number of rotatable bonds is 6. The number of nitrogens with zero attached hydrogens (tertiary/aromatic N) is 12. The van der Waals surface area contributed by atoms with Crippen molar-refractivity contribution in [3.8, 4) is 51.2 Å². The Morgan fingerprint density at radius 2 is 0.463 bits per heavy atom. The largest absolute Gasteiger partial charge is 0.456 e. The predicted octanol–water partition coefficient (Wildman–Crippen LogP) is 34.8. The van der Waals surface area contributed by atoms with Crippen molar-refractivity contribution in [1.82, 2.24) is 56.8 Å². The molecule has 0 aliphatic carbocycles. The first-order chi connectivity index (χ1) is 73.0. The minimum absolute atomic E-state index is 0.777. The molecule has 21 aromatic carbocycles. The number of hydrogen-bond donors (Lipinski definition) is 0. The van der Waals surface area contributed by atoms with Crippen molar-refractivity contribution in [3.63, 3.8) is 0 Å². The summed E-state index contributed by atoms with van der Waals surface area (Å²) in [6.45, 7) is 0. The van der Waals surface area contributed by atoms with E-state index in [9.17, 15) is 0 Å². The molecule has 0 unspecified atom stereocenters. The van der Waals surface area contributed by atoms with Crippen LogP contribution in [-0.2, 0) is 0 Å². The Bertz CT molecular complexity index is 11700. The van der Waals surface area contributed by atoms with Crippen LogP contribution in [0, 0.1) is 0 Å². The lowest BCUT2D eigenvalue weighted by atomic mass is 10.0. The Hall–Kier alpha value is -19.7. The Labute approximate surface area is 835 Å². The van der Waals surface area contributed by atoms with Gasteiger partial charge in [0.2, 0.25) is 0 Å². The Morgan fingerprint density at radius 3 is 0.898 bits per heavy atom. The molecule has 0 saturated heterocycles. The van der Waals surface area contributed by atoms with Gasteiger partial charge in [-0.3, -0.25) is 13.7 Å². The molecule has 0 atom stereocenters. The second-order valence-electron chi connectivity index (χ2n) is 38.8. The molecule has 15 heteroatoms. The Kier molecular flexibility index (Phi) is 15.8. The molecule has 147 heavy (non-hydrogen) atoms. The van der Waals surface area contributed by atoms with Crippen molar-refractivity contribution in [2.24, 2.45) is 0 Å². The normalized spacial score (nSPS) is 12.5. The number of hydrogen-bond acceptors (Lipinski definition) is 9. The van der Waals surface area contributed by atoms with Gasteiger partial charge in [-0.05, 0) is 168 Å². The van der Waals surface area contributed by atoms with Gasteiger partial charge >= 0.3 is 0 Å². The van der Waals surface area contributed by atoms with Gasteiger partial charge in [0.1, 0.15) is 39.4 Å². The van der Waals surface area contributed by atoms with Crippen molar-refractivity contribution >= 4 is 288 Å². The van der Waals surface area contributed by atoms with Crippen LogP contribution < -0.4 is 0 Å². The molecule has 36 rings (SSSR count). The molecular weight excluding hydrogens is 1820 g/mol. The lowest BCUT2D eigenvalue weighted by molar-refractivity contribution is 0.669. The summed E-state index contributed by atoms with van der Waals surface area (Å²) in [5.41, 5.74) is 31.5. The van der Waals surface area contributed by atoms with Crippen LogP contribution in [0.5, 0.6) is 0 Å². The molecule has 0 fully saturated rings. The fourth-order valence-corrected chi connectivity index (χ4v) is 26.4. The molecule has 0 aliphatic heterocycles. The zero-order valence-electron chi connectivity index (χ0n) is 78.2. The lowest BCUT2D eigenvalue weighted by Gasteiger charge is -2.14. The highest BCUT2D eigenvalue weighted by Crippen LogP contribution is 2.53. The highest BCUT2D eigenvalue weighted by atomic mass is 32.1. The smallest absolute Gasteiger partial charge is 0.165 e. The van der Waals surface area contributed by atoms with E-state index in [1.165, 1.54) is 167 Å². The number of para-hydroxylation sites is 15. The van der Waals surface area contributed by atoms with Crippen molar-refractivity contribution in [3.05, 3.63) is 437 Å². The first-order valence-corrected chi connectivity index (χ1v) is 50.6. The summed E-state index contributed by atoms with van der Waals surface area (Å²) in [7, 11) is 0. The van der Waals surface area contributed by atoms with Gasteiger partial charge < -0.3 is 22.0 Å². The van der Waals surface area contributed by atoms with Crippen molar-refractivity contribution < 1.29 is 8.83 Å². The average Bonchev–Trinajstić information content (AvgIpc) is 1.53. The molecule has 0 bridgehead atoms. The van der Waals surface area contributed by atoms with E-state index in [0.717, 1.165) is 161 Å². The monoisotopic (exact) mass is 1890 g/mol. The number of thiophene rings is 1. The van der Waals surface area contributed by atoms with Crippen LogP contribution in [-0.4, -0.2) is 56.8 Å². The second-order valence-corrected chi connectivity index (χ2v) is 39.9. The summed E-state index contributed by atoms with van der Waals surface area (Å²) in [5, 5.41) is 29.1. The SMILES string of the molecule is c1ccc2nc(-n3c4cccc5c6ccccc6n6c7ccccc7c7ccc3c(c54)c76)c(-c3ccc4c(c3)oc3ccccc34)nc2c1.c1ccc2nc(-n3c4cccc5c6ccccc6n6c7ccccc7c7ccc3c(c54)c76)c(-c3ccc4c(c3)sc3ccccc34)nc2c1.c1ccc2nc(-n3c4cccc5c6ccccc6n6c7ccccc7c7ccc3c(c54)c76)c(-c3cccc4c3oc3ccccc34)nc2c1. The quantitative estimate of drug-likeness (QED) is 0.161. The first-order valence-electron chi connectivity index (χ1n) is 49.8. The molecule has 36 aromatic rings. The van der Waals surface area contributed by atoms with Gasteiger partial charge in [0, 0.05) is 139 Å². The molecule has 0 aliphatic rings. The molecule has 14 nitrogen and oxygen atoms in total. The maximum absolute atomic E-state index is 6.59. The van der Waals surface area contributed by atoms with Gasteiger partial charge in [0.15, 0.2) is 17.5 Å². The van der Waals surface area contributed by atoms with E-state index in [1.54, 1.807) is 0 Å². The summed E-state index contributed by atoms with van der Waals surface area (Å²) in [4.78, 5) is 32.4. The van der Waals surface area contributed by atoms with E-state index in [0.29, 0.717) is 0 Å².